The van der Waals surface area contributed by atoms with Gasteiger partial charge in [-0.3, -0.25) is 19.8 Å². The number of anilines is 1. The molecule has 1 amide bonds. The molecule has 0 N–H and O–H groups in total. The van der Waals surface area contributed by atoms with Crippen LogP contribution in [0.2, 0.25) is 5.02 Å². The summed E-state index contributed by atoms with van der Waals surface area (Å²) in [7, 11) is 1.51. The van der Waals surface area contributed by atoms with E-state index in [-0.39, 0.29) is 18.2 Å². The number of amides is 1. The first-order valence-corrected chi connectivity index (χ1v) is 11.5. The van der Waals surface area contributed by atoms with Gasteiger partial charge in [-0.25, -0.2) is 0 Å². The van der Waals surface area contributed by atoms with Gasteiger partial charge in [0, 0.05) is 17.2 Å². The van der Waals surface area contributed by atoms with Crippen molar-refractivity contribution in [3.63, 3.8) is 0 Å². The number of nitro groups is 1. The highest BCUT2D eigenvalue weighted by atomic mass is 35.5. The molecule has 0 aliphatic carbocycles. The predicted molar refractivity (Wildman–Crippen MR) is 138 cm³/mol. The molecule has 1 saturated heterocycles. The van der Waals surface area contributed by atoms with Gasteiger partial charge in [0.15, 0.2) is 15.8 Å². The van der Waals surface area contributed by atoms with Crippen molar-refractivity contribution in [1.82, 2.24) is 0 Å². The molecule has 0 unspecified atom stereocenters. The Morgan fingerprint density at radius 3 is 2.59 bits per heavy atom. The fourth-order valence-electron chi connectivity index (χ4n) is 3.25. The lowest BCUT2D eigenvalue weighted by molar-refractivity contribution is -0.384. The molecule has 1 aliphatic heterocycles. The van der Waals surface area contributed by atoms with Gasteiger partial charge in [0.1, 0.15) is 6.61 Å². The van der Waals surface area contributed by atoms with E-state index in [1.54, 1.807) is 60.7 Å². The Bertz CT molecular complexity index is 1310. The number of thiocarbonyl (C=S) groups is 1. The van der Waals surface area contributed by atoms with Gasteiger partial charge in [-0.15, -0.1) is 0 Å². The third-order valence-electron chi connectivity index (χ3n) is 4.88. The van der Waals surface area contributed by atoms with E-state index in [1.807, 2.05) is 0 Å². The molecule has 0 radical (unpaired) electrons. The number of rotatable bonds is 7. The number of carbonyl (C=O) groups is 1. The molecule has 172 valence electrons. The third kappa shape index (κ3) is 5.22. The predicted octanol–water partition coefficient (Wildman–Crippen LogP) is 6.24. The molecule has 0 saturated carbocycles. The van der Waals surface area contributed by atoms with Gasteiger partial charge < -0.3 is 9.47 Å². The highest BCUT2D eigenvalue weighted by Crippen LogP contribution is 2.37. The van der Waals surface area contributed by atoms with Crippen molar-refractivity contribution < 1.29 is 19.2 Å². The number of nitro benzene ring substituents is 1. The zero-order valence-corrected chi connectivity index (χ0v) is 20.2. The standard InChI is InChI=1S/C24H17ClN2O5S2/c1-31-21-12-15(5-10-20(21)32-14-16-3-2-4-19(11-16)27(29)30)13-22-23(28)26(24(33)34-22)18-8-6-17(25)7-9-18/h2-13H,14H2,1H3/b22-13-. The number of non-ortho nitro benzene ring substituents is 1. The summed E-state index contributed by atoms with van der Waals surface area (Å²) >= 11 is 12.6. The second-order valence-corrected chi connectivity index (χ2v) is 9.23. The average molecular weight is 513 g/mol. The highest BCUT2D eigenvalue weighted by molar-refractivity contribution is 8.27. The van der Waals surface area contributed by atoms with Gasteiger partial charge in [0.25, 0.3) is 11.6 Å². The summed E-state index contributed by atoms with van der Waals surface area (Å²) in [6, 6.07) is 18.4. The lowest BCUT2D eigenvalue weighted by Gasteiger charge is -2.14. The van der Waals surface area contributed by atoms with Crippen molar-refractivity contribution in [2.75, 3.05) is 12.0 Å². The second-order valence-electron chi connectivity index (χ2n) is 7.12. The number of nitrogens with zero attached hydrogens (tertiary/aromatic N) is 2. The Morgan fingerprint density at radius 1 is 1.12 bits per heavy atom. The zero-order chi connectivity index (χ0) is 24.2. The number of benzene rings is 3. The van der Waals surface area contributed by atoms with Gasteiger partial charge in [0.2, 0.25) is 0 Å². The van der Waals surface area contributed by atoms with Crippen LogP contribution in [0.25, 0.3) is 6.08 Å². The van der Waals surface area contributed by atoms with Crippen LogP contribution in [-0.2, 0) is 11.4 Å². The quantitative estimate of drug-likeness (QED) is 0.160. The fourth-order valence-corrected chi connectivity index (χ4v) is 4.67. The number of halogens is 1. The maximum absolute atomic E-state index is 13.0. The topological polar surface area (TPSA) is 81.9 Å². The number of thioether (sulfide) groups is 1. The molecule has 0 bridgehead atoms. The van der Waals surface area contributed by atoms with Crippen molar-refractivity contribution in [3.05, 3.63) is 97.9 Å². The van der Waals surface area contributed by atoms with Gasteiger partial charge >= 0.3 is 0 Å². The number of ether oxygens (including phenoxy) is 2. The first kappa shape index (κ1) is 23.7. The van der Waals surface area contributed by atoms with Crippen LogP contribution in [0.4, 0.5) is 11.4 Å². The van der Waals surface area contributed by atoms with Crippen LogP contribution >= 0.6 is 35.6 Å². The molecular weight excluding hydrogens is 496 g/mol. The number of hydrogen-bond acceptors (Lipinski definition) is 7. The van der Waals surface area contributed by atoms with E-state index in [9.17, 15) is 14.9 Å². The van der Waals surface area contributed by atoms with E-state index in [0.29, 0.717) is 37.0 Å². The zero-order valence-electron chi connectivity index (χ0n) is 17.8. The minimum Gasteiger partial charge on any atom is -0.493 e. The number of methoxy groups -OCH3 is 1. The van der Waals surface area contributed by atoms with E-state index in [2.05, 4.69) is 0 Å². The van der Waals surface area contributed by atoms with Gasteiger partial charge in [-0.05, 0) is 53.6 Å². The summed E-state index contributed by atoms with van der Waals surface area (Å²) in [4.78, 5) is 25.4. The summed E-state index contributed by atoms with van der Waals surface area (Å²) < 4.78 is 11.7. The Morgan fingerprint density at radius 2 is 1.88 bits per heavy atom. The van der Waals surface area contributed by atoms with Gasteiger partial charge in [-0.1, -0.05) is 53.8 Å². The molecule has 1 heterocycles. The average Bonchev–Trinajstić information content (AvgIpc) is 3.11. The molecule has 7 nitrogen and oxygen atoms in total. The van der Waals surface area contributed by atoms with E-state index < -0.39 is 4.92 Å². The maximum atomic E-state index is 13.0. The van der Waals surface area contributed by atoms with Crippen molar-refractivity contribution in [2.45, 2.75) is 6.61 Å². The van der Waals surface area contributed by atoms with E-state index in [4.69, 9.17) is 33.3 Å². The molecule has 0 aromatic heterocycles. The first-order chi connectivity index (χ1) is 16.4. The number of carbonyl (C=O) groups excluding carboxylic acids is 1. The van der Waals surface area contributed by atoms with E-state index in [1.165, 1.54) is 35.9 Å². The molecule has 3 aromatic rings. The third-order valence-corrected chi connectivity index (χ3v) is 6.43. The lowest BCUT2D eigenvalue weighted by Crippen LogP contribution is -2.27. The second kappa shape index (κ2) is 10.3. The van der Waals surface area contributed by atoms with Crippen LogP contribution in [0.5, 0.6) is 11.5 Å². The van der Waals surface area contributed by atoms with Crippen LogP contribution in [-0.4, -0.2) is 22.3 Å². The van der Waals surface area contributed by atoms with Crippen LogP contribution in [0.1, 0.15) is 11.1 Å². The molecule has 1 fully saturated rings. The van der Waals surface area contributed by atoms with Gasteiger partial charge in [-0.2, -0.15) is 0 Å². The summed E-state index contributed by atoms with van der Waals surface area (Å²) in [5.74, 6) is 0.717. The van der Waals surface area contributed by atoms with Crippen LogP contribution in [0, 0.1) is 10.1 Å². The summed E-state index contributed by atoms with van der Waals surface area (Å²) in [5.41, 5.74) is 2.04. The van der Waals surface area contributed by atoms with Crippen molar-refractivity contribution >= 4 is 63.3 Å². The molecule has 0 spiro atoms. The van der Waals surface area contributed by atoms with Crippen LogP contribution in [0.15, 0.2) is 71.6 Å². The van der Waals surface area contributed by atoms with Gasteiger partial charge in [0.05, 0.1) is 22.6 Å². The molecule has 3 aromatic carbocycles. The number of hydrogen-bond donors (Lipinski definition) is 0. The molecule has 34 heavy (non-hydrogen) atoms. The minimum absolute atomic E-state index is 0.000623. The monoisotopic (exact) mass is 512 g/mol. The molecule has 0 atom stereocenters. The normalized spacial score (nSPS) is 14.5. The Balaban J connectivity index is 1.51. The molecule has 4 rings (SSSR count). The molecular formula is C24H17ClN2O5S2. The maximum Gasteiger partial charge on any atom is 0.270 e. The van der Waals surface area contributed by atoms with E-state index in [0.717, 1.165) is 5.56 Å². The molecule has 10 heteroatoms. The summed E-state index contributed by atoms with van der Waals surface area (Å²) in [5, 5.41) is 11.5. The fraction of sp³-hybridized carbons (Fsp3) is 0.0833. The van der Waals surface area contributed by atoms with E-state index >= 15 is 0 Å². The molecule has 1 aliphatic rings. The van der Waals surface area contributed by atoms with Crippen molar-refractivity contribution in [1.29, 1.82) is 0 Å². The Kier molecular flexibility index (Phi) is 7.16. The van der Waals surface area contributed by atoms with Crippen LogP contribution < -0.4 is 14.4 Å². The van der Waals surface area contributed by atoms with Crippen molar-refractivity contribution in [2.24, 2.45) is 0 Å². The Hall–Kier alpha value is -3.40. The van der Waals surface area contributed by atoms with Crippen LogP contribution in [0.3, 0.4) is 0 Å². The lowest BCUT2D eigenvalue weighted by atomic mass is 10.1. The SMILES string of the molecule is COc1cc(/C=C2\SC(=S)N(c3ccc(Cl)cc3)C2=O)ccc1OCc1cccc([N+](=O)[O-])c1. The van der Waals surface area contributed by atoms with Crippen molar-refractivity contribution in [3.8, 4) is 11.5 Å². The first-order valence-electron chi connectivity index (χ1n) is 9.93. The summed E-state index contributed by atoms with van der Waals surface area (Å²) in [6.45, 7) is 0.136. The minimum atomic E-state index is -0.450. The largest absolute Gasteiger partial charge is 0.493 e. The summed E-state index contributed by atoms with van der Waals surface area (Å²) in [6.07, 6.45) is 1.74. The highest BCUT2D eigenvalue weighted by Gasteiger charge is 2.33. The Labute approximate surface area is 210 Å². The smallest absolute Gasteiger partial charge is 0.270 e.